The van der Waals surface area contributed by atoms with Crippen molar-refractivity contribution in [3.63, 3.8) is 0 Å². The maximum Gasteiger partial charge on any atom is 0.228 e. The van der Waals surface area contributed by atoms with E-state index in [-0.39, 0.29) is 5.91 Å². The van der Waals surface area contributed by atoms with Crippen molar-refractivity contribution in [3.8, 4) is 0 Å². The summed E-state index contributed by atoms with van der Waals surface area (Å²) in [7, 11) is 0. The SMILES string of the molecule is CC1CN(C(=O)Cc2cn3ccccc3n2)CC(C)N1. The van der Waals surface area contributed by atoms with E-state index < -0.39 is 0 Å². The topological polar surface area (TPSA) is 49.6 Å². The lowest BCUT2D eigenvalue weighted by Gasteiger charge is -2.36. The smallest absolute Gasteiger partial charge is 0.228 e. The molecule has 1 N–H and O–H groups in total. The Hall–Kier alpha value is -1.88. The van der Waals surface area contributed by atoms with E-state index in [1.165, 1.54) is 0 Å². The van der Waals surface area contributed by atoms with E-state index in [0.29, 0.717) is 18.5 Å². The lowest BCUT2D eigenvalue weighted by Crippen LogP contribution is -2.56. The van der Waals surface area contributed by atoms with Gasteiger partial charge in [-0.25, -0.2) is 4.98 Å². The molecule has 2 atom stereocenters. The number of nitrogens with one attached hydrogen (secondary N) is 1. The maximum atomic E-state index is 12.4. The highest BCUT2D eigenvalue weighted by molar-refractivity contribution is 5.78. The van der Waals surface area contributed by atoms with Crippen LogP contribution in [0.3, 0.4) is 0 Å². The van der Waals surface area contributed by atoms with E-state index in [1.54, 1.807) is 0 Å². The van der Waals surface area contributed by atoms with Gasteiger partial charge in [0.1, 0.15) is 5.65 Å². The van der Waals surface area contributed by atoms with E-state index in [4.69, 9.17) is 0 Å². The van der Waals surface area contributed by atoms with E-state index >= 15 is 0 Å². The molecular weight excluding hydrogens is 252 g/mol. The maximum absolute atomic E-state index is 12.4. The molecule has 1 saturated heterocycles. The predicted molar refractivity (Wildman–Crippen MR) is 77.5 cm³/mol. The van der Waals surface area contributed by atoms with Crippen LogP contribution in [0.1, 0.15) is 19.5 Å². The fourth-order valence-electron chi connectivity index (χ4n) is 2.87. The van der Waals surface area contributed by atoms with Gasteiger partial charge in [-0.15, -0.1) is 0 Å². The summed E-state index contributed by atoms with van der Waals surface area (Å²) >= 11 is 0. The van der Waals surface area contributed by atoms with Crippen molar-refractivity contribution in [3.05, 3.63) is 36.3 Å². The Kier molecular flexibility index (Phi) is 3.44. The second-order valence-corrected chi connectivity index (χ2v) is 5.64. The molecular formula is C15H20N4O. The zero-order valence-electron chi connectivity index (χ0n) is 11.9. The van der Waals surface area contributed by atoms with Crippen LogP contribution in [-0.4, -0.2) is 45.4 Å². The Balaban J connectivity index is 1.72. The molecule has 1 aliphatic rings. The first-order chi connectivity index (χ1) is 9.61. The van der Waals surface area contributed by atoms with Gasteiger partial charge < -0.3 is 14.6 Å². The van der Waals surface area contributed by atoms with Crippen molar-refractivity contribution in [2.24, 2.45) is 0 Å². The molecule has 5 heteroatoms. The number of carbonyl (C=O) groups is 1. The molecule has 0 saturated carbocycles. The van der Waals surface area contributed by atoms with Crippen LogP contribution in [0.2, 0.25) is 0 Å². The summed E-state index contributed by atoms with van der Waals surface area (Å²) in [4.78, 5) is 18.8. The number of amides is 1. The predicted octanol–water partition coefficient (Wildman–Crippen LogP) is 1.09. The van der Waals surface area contributed by atoms with E-state index in [9.17, 15) is 4.79 Å². The fourth-order valence-corrected chi connectivity index (χ4v) is 2.87. The molecule has 1 fully saturated rings. The van der Waals surface area contributed by atoms with E-state index in [2.05, 4.69) is 24.1 Å². The van der Waals surface area contributed by atoms with Crippen molar-refractivity contribution in [1.29, 1.82) is 0 Å². The molecule has 0 radical (unpaired) electrons. The number of nitrogens with zero attached hydrogens (tertiary/aromatic N) is 3. The van der Waals surface area contributed by atoms with Gasteiger partial charge >= 0.3 is 0 Å². The Morgan fingerprint density at radius 2 is 2.10 bits per heavy atom. The molecule has 3 rings (SSSR count). The summed E-state index contributed by atoms with van der Waals surface area (Å²) in [6.07, 6.45) is 4.26. The largest absolute Gasteiger partial charge is 0.339 e. The highest BCUT2D eigenvalue weighted by Crippen LogP contribution is 2.09. The first kappa shape index (κ1) is 13.1. The van der Waals surface area contributed by atoms with Crippen LogP contribution < -0.4 is 5.32 Å². The first-order valence-electron chi connectivity index (χ1n) is 7.08. The Labute approximate surface area is 118 Å². The second kappa shape index (κ2) is 5.25. The molecule has 5 nitrogen and oxygen atoms in total. The van der Waals surface area contributed by atoms with Crippen LogP contribution in [0, 0.1) is 0 Å². The first-order valence-corrected chi connectivity index (χ1v) is 7.08. The molecule has 0 bridgehead atoms. The summed E-state index contributed by atoms with van der Waals surface area (Å²) in [6, 6.07) is 6.56. The molecule has 0 aliphatic carbocycles. The molecule has 2 unspecified atom stereocenters. The van der Waals surface area contributed by atoms with Crippen molar-refractivity contribution < 1.29 is 4.79 Å². The Morgan fingerprint density at radius 1 is 1.35 bits per heavy atom. The number of aromatic nitrogens is 2. The number of imidazole rings is 1. The molecule has 106 valence electrons. The molecule has 1 aliphatic heterocycles. The van der Waals surface area contributed by atoms with Crippen LogP contribution in [0.5, 0.6) is 0 Å². The second-order valence-electron chi connectivity index (χ2n) is 5.64. The third-order valence-electron chi connectivity index (χ3n) is 3.66. The highest BCUT2D eigenvalue weighted by atomic mass is 16.2. The standard InChI is InChI=1S/C15H20N4O/c1-11-8-19(9-12(2)16-11)15(20)7-13-10-18-6-4-3-5-14(18)17-13/h3-6,10-12,16H,7-9H2,1-2H3. The highest BCUT2D eigenvalue weighted by Gasteiger charge is 2.25. The number of fused-ring (bicyclic) bond motifs is 1. The summed E-state index contributed by atoms with van der Waals surface area (Å²) in [5.74, 6) is 0.161. The van der Waals surface area contributed by atoms with E-state index in [1.807, 2.05) is 39.9 Å². The molecule has 0 aromatic carbocycles. The van der Waals surface area contributed by atoms with Gasteiger partial charge in [0.25, 0.3) is 0 Å². The van der Waals surface area contributed by atoms with Gasteiger partial charge in [0, 0.05) is 37.6 Å². The van der Waals surface area contributed by atoms with Crippen LogP contribution in [0.25, 0.3) is 5.65 Å². The van der Waals surface area contributed by atoms with Crippen LogP contribution >= 0.6 is 0 Å². The minimum Gasteiger partial charge on any atom is -0.339 e. The van der Waals surface area contributed by atoms with Crippen molar-refractivity contribution in [1.82, 2.24) is 19.6 Å². The average molecular weight is 272 g/mol. The minimum absolute atomic E-state index is 0.161. The van der Waals surface area contributed by atoms with Gasteiger partial charge in [0.05, 0.1) is 12.1 Å². The number of piperazine rings is 1. The monoisotopic (exact) mass is 272 g/mol. The zero-order chi connectivity index (χ0) is 14.1. The third-order valence-corrected chi connectivity index (χ3v) is 3.66. The molecule has 1 amide bonds. The van der Waals surface area contributed by atoms with Gasteiger partial charge in [-0.2, -0.15) is 0 Å². The Morgan fingerprint density at radius 3 is 2.80 bits per heavy atom. The normalized spacial score (nSPS) is 23.2. The molecule has 0 spiro atoms. The number of pyridine rings is 1. The van der Waals surface area contributed by atoms with Crippen molar-refractivity contribution in [2.75, 3.05) is 13.1 Å². The summed E-state index contributed by atoms with van der Waals surface area (Å²) in [5, 5.41) is 3.44. The molecule has 20 heavy (non-hydrogen) atoms. The summed E-state index contributed by atoms with van der Waals surface area (Å²) in [5.41, 5.74) is 1.72. The van der Waals surface area contributed by atoms with Gasteiger partial charge in [0.2, 0.25) is 5.91 Å². The number of hydrogen-bond acceptors (Lipinski definition) is 3. The lowest BCUT2D eigenvalue weighted by atomic mass is 10.1. The molecule has 3 heterocycles. The number of rotatable bonds is 2. The average Bonchev–Trinajstić information content (AvgIpc) is 2.79. The molecule has 2 aromatic heterocycles. The van der Waals surface area contributed by atoms with Crippen molar-refractivity contribution in [2.45, 2.75) is 32.4 Å². The Bertz CT molecular complexity index is 578. The quantitative estimate of drug-likeness (QED) is 0.890. The molecule has 2 aromatic rings. The van der Waals surface area contributed by atoms with Gasteiger partial charge in [-0.1, -0.05) is 6.07 Å². The van der Waals surface area contributed by atoms with E-state index in [0.717, 1.165) is 24.4 Å². The van der Waals surface area contributed by atoms with Gasteiger partial charge in [-0.3, -0.25) is 4.79 Å². The van der Waals surface area contributed by atoms with Crippen molar-refractivity contribution >= 4 is 11.6 Å². The zero-order valence-corrected chi connectivity index (χ0v) is 11.9. The lowest BCUT2D eigenvalue weighted by molar-refractivity contribution is -0.132. The summed E-state index contributed by atoms with van der Waals surface area (Å²) in [6.45, 7) is 5.77. The van der Waals surface area contributed by atoms with Crippen LogP contribution in [0.15, 0.2) is 30.6 Å². The third kappa shape index (κ3) is 2.67. The fraction of sp³-hybridized carbons (Fsp3) is 0.467. The minimum atomic E-state index is 0.161. The van der Waals surface area contributed by atoms with Crippen LogP contribution in [-0.2, 0) is 11.2 Å². The van der Waals surface area contributed by atoms with Crippen LogP contribution in [0.4, 0.5) is 0 Å². The van der Waals surface area contributed by atoms with Gasteiger partial charge in [-0.05, 0) is 26.0 Å². The number of hydrogen-bond donors (Lipinski definition) is 1. The summed E-state index contributed by atoms with van der Waals surface area (Å²) < 4.78 is 1.95. The van der Waals surface area contributed by atoms with Gasteiger partial charge in [0.15, 0.2) is 0 Å². The number of carbonyl (C=O) groups excluding carboxylic acids is 1.